The van der Waals surface area contributed by atoms with Gasteiger partial charge in [-0.2, -0.15) is 0 Å². The summed E-state index contributed by atoms with van der Waals surface area (Å²) in [6, 6.07) is 0. The van der Waals surface area contributed by atoms with Gasteiger partial charge < -0.3 is 10.8 Å². The molecule has 19 heavy (non-hydrogen) atoms. The SMILES string of the molecule is CC1(C)CCCC(O)(C2(CN)CCS(=O)(=O)C2)CC1. The van der Waals surface area contributed by atoms with Gasteiger partial charge >= 0.3 is 0 Å². The van der Waals surface area contributed by atoms with Gasteiger partial charge in [0.2, 0.25) is 0 Å². The van der Waals surface area contributed by atoms with E-state index in [1.807, 2.05) is 0 Å². The lowest BCUT2D eigenvalue weighted by atomic mass is 9.67. The van der Waals surface area contributed by atoms with E-state index < -0.39 is 20.9 Å². The summed E-state index contributed by atoms with van der Waals surface area (Å²) >= 11 is 0. The fraction of sp³-hybridized carbons (Fsp3) is 1.00. The molecule has 4 nitrogen and oxygen atoms in total. The van der Waals surface area contributed by atoms with Crippen LogP contribution in [-0.2, 0) is 9.84 Å². The van der Waals surface area contributed by atoms with Gasteiger partial charge in [-0.05, 0) is 37.5 Å². The zero-order chi connectivity index (χ0) is 14.4. The Bertz CT molecular complexity index is 446. The van der Waals surface area contributed by atoms with E-state index in [2.05, 4.69) is 13.8 Å². The van der Waals surface area contributed by atoms with Crippen LogP contribution in [0.3, 0.4) is 0 Å². The molecule has 0 spiro atoms. The van der Waals surface area contributed by atoms with Crippen molar-refractivity contribution in [3.63, 3.8) is 0 Å². The smallest absolute Gasteiger partial charge is 0.151 e. The maximum atomic E-state index is 11.8. The van der Waals surface area contributed by atoms with Crippen molar-refractivity contribution in [2.75, 3.05) is 18.1 Å². The van der Waals surface area contributed by atoms with Crippen LogP contribution in [0.1, 0.15) is 52.4 Å². The first-order chi connectivity index (χ1) is 8.64. The summed E-state index contributed by atoms with van der Waals surface area (Å²) in [6.45, 7) is 4.71. The van der Waals surface area contributed by atoms with Gasteiger partial charge in [0.25, 0.3) is 0 Å². The van der Waals surface area contributed by atoms with E-state index in [0.29, 0.717) is 19.3 Å². The lowest BCUT2D eigenvalue weighted by Crippen LogP contribution is -2.53. The van der Waals surface area contributed by atoms with E-state index in [-0.39, 0.29) is 23.5 Å². The fourth-order valence-corrected chi connectivity index (χ4v) is 6.04. The minimum atomic E-state index is -3.03. The molecule has 0 aromatic rings. The minimum absolute atomic E-state index is 0.0629. The summed E-state index contributed by atoms with van der Waals surface area (Å²) in [5, 5.41) is 11.1. The largest absolute Gasteiger partial charge is 0.389 e. The molecule has 2 unspecified atom stereocenters. The highest BCUT2D eigenvalue weighted by atomic mass is 32.2. The van der Waals surface area contributed by atoms with Gasteiger partial charge in [-0.3, -0.25) is 0 Å². The summed E-state index contributed by atoms with van der Waals surface area (Å²) in [5.41, 5.74) is 4.61. The topological polar surface area (TPSA) is 80.4 Å². The molecule has 2 rings (SSSR count). The Morgan fingerprint density at radius 3 is 2.32 bits per heavy atom. The molecule has 1 heterocycles. The number of rotatable bonds is 2. The van der Waals surface area contributed by atoms with Gasteiger partial charge in [0.15, 0.2) is 9.84 Å². The van der Waals surface area contributed by atoms with Crippen LogP contribution in [0.4, 0.5) is 0 Å². The molecule has 5 heteroatoms. The first-order valence-electron chi connectivity index (χ1n) is 7.27. The molecular formula is C14H27NO3S. The normalized spacial score (nSPS) is 41.9. The second-order valence-corrected chi connectivity index (χ2v) is 9.56. The molecule has 1 saturated carbocycles. The van der Waals surface area contributed by atoms with E-state index in [0.717, 1.165) is 19.3 Å². The number of hydrogen-bond acceptors (Lipinski definition) is 4. The quantitative estimate of drug-likeness (QED) is 0.754. The zero-order valence-electron chi connectivity index (χ0n) is 12.1. The minimum Gasteiger partial charge on any atom is -0.389 e. The third kappa shape index (κ3) is 2.83. The van der Waals surface area contributed by atoms with Crippen LogP contribution in [0.5, 0.6) is 0 Å². The summed E-state index contributed by atoms with van der Waals surface area (Å²) < 4.78 is 23.7. The Balaban J connectivity index is 2.27. The molecule has 2 aliphatic rings. The molecule has 0 aromatic heterocycles. The zero-order valence-corrected chi connectivity index (χ0v) is 12.9. The van der Waals surface area contributed by atoms with Crippen LogP contribution >= 0.6 is 0 Å². The third-order valence-electron chi connectivity index (χ3n) is 5.43. The summed E-state index contributed by atoms with van der Waals surface area (Å²) in [4.78, 5) is 0. The summed E-state index contributed by atoms with van der Waals surface area (Å²) in [6.07, 6.45) is 4.85. The maximum Gasteiger partial charge on any atom is 0.151 e. The number of hydrogen-bond donors (Lipinski definition) is 2. The average molecular weight is 289 g/mol. The van der Waals surface area contributed by atoms with E-state index in [4.69, 9.17) is 5.73 Å². The van der Waals surface area contributed by atoms with Gasteiger partial charge in [-0.1, -0.05) is 20.3 Å². The van der Waals surface area contributed by atoms with Crippen molar-refractivity contribution in [3.8, 4) is 0 Å². The monoisotopic (exact) mass is 289 g/mol. The average Bonchev–Trinajstić information content (AvgIpc) is 2.56. The second kappa shape index (κ2) is 4.71. The van der Waals surface area contributed by atoms with Gasteiger partial charge in [-0.15, -0.1) is 0 Å². The Hall–Kier alpha value is -0.130. The highest BCUT2D eigenvalue weighted by Gasteiger charge is 2.55. The highest BCUT2D eigenvalue weighted by Crippen LogP contribution is 2.50. The van der Waals surface area contributed by atoms with Crippen LogP contribution in [0.25, 0.3) is 0 Å². The van der Waals surface area contributed by atoms with E-state index in [1.54, 1.807) is 0 Å². The van der Waals surface area contributed by atoms with E-state index >= 15 is 0 Å². The van der Waals surface area contributed by atoms with Crippen LogP contribution in [-0.4, -0.2) is 37.2 Å². The molecule has 2 atom stereocenters. The summed E-state index contributed by atoms with van der Waals surface area (Å²) in [5.74, 6) is 0.239. The van der Waals surface area contributed by atoms with Crippen molar-refractivity contribution in [3.05, 3.63) is 0 Å². The fourth-order valence-electron chi connectivity index (χ4n) is 3.82. The lowest BCUT2D eigenvalue weighted by molar-refractivity contribution is -0.0807. The molecule has 0 bridgehead atoms. The first-order valence-corrected chi connectivity index (χ1v) is 9.09. The number of sulfone groups is 1. The van der Waals surface area contributed by atoms with Gasteiger partial charge in [0.1, 0.15) is 0 Å². The Kier molecular flexibility index (Phi) is 3.78. The van der Waals surface area contributed by atoms with Crippen molar-refractivity contribution < 1.29 is 13.5 Å². The standard InChI is InChI=1S/C14H27NO3S/c1-12(2)4-3-5-14(16,7-6-12)13(10-15)8-9-19(17,18)11-13/h16H,3-11,15H2,1-2H3. The van der Waals surface area contributed by atoms with Crippen molar-refractivity contribution in [2.24, 2.45) is 16.6 Å². The van der Waals surface area contributed by atoms with Gasteiger partial charge in [0, 0.05) is 12.0 Å². The maximum absolute atomic E-state index is 11.8. The molecular weight excluding hydrogens is 262 g/mol. The predicted octanol–water partition coefficient (Wildman–Crippen LogP) is 1.47. The molecule has 1 aliphatic carbocycles. The number of aliphatic hydroxyl groups is 1. The third-order valence-corrected chi connectivity index (χ3v) is 7.24. The molecule has 3 N–H and O–H groups in total. The van der Waals surface area contributed by atoms with Crippen molar-refractivity contribution in [1.82, 2.24) is 0 Å². The van der Waals surface area contributed by atoms with Crippen LogP contribution in [0.2, 0.25) is 0 Å². The lowest BCUT2D eigenvalue weighted by Gasteiger charge is -2.44. The first kappa shape index (κ1) is 15.3. The van der Waals surface area contributed by atoms with E-state index in [1.165, 1.54) is 0 Å². The van der Waals surface area contributed by atoms with Crippen molar-refractivity contribution in [2.45, 2.75) is 58.0 Å². The predicted molar refractivity (Wildman–Crippen MR) is 76.6 cm³/mol. The Labute approximate surface area is 116 Å². The molecule has 0 radical (unpaired) electrons. The second-order valence-electron chi connectivity index (χ2n) is 7.38. The van der Waals surface area contributed by atoms with Crippen LogP contribution in [0, 0.1) is 10.8 Å². The molecule has 2 fully saturated rings. The molecule has 1 aliphatic heterocycles. The Morgan fingerprint density at radius 2 is 1.79 bits per heavy atom. The highest BCUT2D eigenvalue weighted by molar-refractivity contribution is 7.91. The van der Waals surface area contributed by atoms with Crippen molar-refractivity contribution in [1.29, 1.82) is 0 Å². The molecule has 0 amide bonds. The van der Waals surface area contributed by atoms with E-state index in [9.17, 15) is 13.5 Å². The molecule has 0 aromatic carbocycles. The van der Waals surface area contributed by atoms with Crippen molar-refractivity contribution >= 4 is 9.84 Å². The van der Waals surface area contributed by atoms with Crippen LogP contribution < -0.4 is 5.73 Å². The van der Waals surface area contributed by atoms with Gasteiger partial charge in [-0.25, -0.2) is 8.42 Å². The van der Waals surface area contributed by atoms with Crippen LogP contribution in [0.15, 0.2) is 0 Å². The Morgan fingerprint density at radius 1 is 1.11 bits per heavy atom. The van der Waals surface area contributed by atoms with Gasteiger partial charge in [0.05, 0.1) is 17.1 Å². The summed E-state index contributed by atoms with van der Waals surface area (Å²) in [7, 11) is -3.03. The number of nitrogens with two attached hydrogens (primary N) is 1. The molecule has 1 saturated heterocycles. The molecule has 112 valence electrons.